The van der Waals surface area contributed by atoms with Gasteiger partial charge in [-0.05, 0) is 11.1 Å². The summed E-state index contributed by atoms with van der Waals surface area (Å²) in [6.45, 7) is -0.687. The van der Waals surface area contributed by atoms with E-state index in [1.165, 1.54) is 0 Å². The molecule has 0 radical (unpaired) electrons. The maximum Gasteiger partial charge on any atom is 0.368 e. The third-order valence-electron chi connectivity index (χ3n) is 3.85. The van der Waals surface area contributed by atoms with Gasteiger partial charge in [-0.15, -0.1) is 0 Å². The highest BCUT2D eigenvalue weighted by Crippen LogP contribution is 2.50. The van der Waals surface area contributed by atoms with Crippen molar-refractivity contribution >= 4 is 12.9 Å². The molecule has 146 valence electrons. The minimum absolute atomic E-state index is 0.0346. The molecule has 0 atom stereocenters. The lowest BCUT2D eigenvalue weighted by atomic mass is 10.2. The molecule has 8 heteroatoms. The van der Waals surface area contributed by atoms with Gasteiger partial charge in [0.2, 0.25) is 0 Å². The van der Waals surface area contributed by atoms with Gasteiger partial charge < -0.3 is 9.05 Å². The molecule has 0 saturated carbocycles. The van der Waals surface area contributed by atoms with E-state index in [1.54, 1.807) is 60.7 Å². The molecule has 3 aromatic carbocycles. The molecule has 0 N–H and O–H groups in total. The van der Waals surface area contributed by atoms with Crippen molar-refractivity contribution in [3.8, 4) is 0 Å². The van der Waals surface area contributed by atoms with Gasteiger partial charge in [0.1, 0.15) is 5.30 Å². The lowest BCUT2D eigenvalue weighted by Gasteiger charge is -2.20. The third kappa shape index (κ3) is 4.50. The van der Waals surface area contributed by atoms with Crippen molar-refractivity contribution in [3.05, 3.63) is 101 Å². The van der Waals surface area contributed by atoms with E-state index >= 15 is 0 Å². The summed E-state index contributed by atoms with van der Waals surface area (Å²) in [4.78, 5) is 0. The summed E-state index contributed by atoms with van der Waals surface area (Å²) in [7, 11) is -4.76. The Kier molecular flexibility index (Phi) is 6.29. The fourth-order valence-electron chi connectivity index (χ4n) is 2.43. The molecule has 3 rings (SSSR count). The van der Waals surface area contributed by atoms with Crippen molar-refractivity contribution in [2.45, 2.75) is 13.2 Å². The molecule has 3 aromatic rings. The fourth-order valence-corrected chi connectivity index (χ4v) is 4.10. The maximum absolute atomic E-state index is 14.3. The van der Waals surface area contributed by atoms with Gasteiger partial charge in [-0.3, -0.25) is 4.57 Å². The summed E-state index contributed by atoms with van der Waals surface area (Å²) in [5, 5.41) is -1.39. The Morgan fingerprint density at radius 3 is 1.46 bits per heavy atom. The van der Waals surface area contributed by atoms with Gasteiger partial charge in [0.25, 0.3) is 0 Å². The highest BCUT2D eigenvalue weighted by molar-refractivity contribution is 7.62. The highest BCUT2D eigenvalue weighted by Gasteiger charge is 2.38. The standard InChI is InChI=1S/C20H15F4O3P/c21-16-11-17(22)19(24)20(18(16)23)28(25,26-12-14-7-3-1-4-8-14)27-13-15-9-5-2-6-10-15/h1-11H,12-13H2. The van der Waals surface area contributed by atoms with Crippen LogP contribution in [0.15, 0.2) is 66.7 Å². The molecular formula is C20H15F4O3P. The maximum atomic E-state index is 14.3. The van der Waals surface area contributed by atoms with Gasteiger partial charge in [0.05, 0.1) is 13.2 Å². The number of benzene rings is 3. The molecule has 3 nitrogen and oxygen atoms in total. The van der Waals surface area contributed by atoms with Crippen LogP contribution >= 0.6 is 7.60 Å². The molecule has 0 saturated heterocycles. The van der Waals surface area contributed by atoms with Crippen LogP contribution in [-0.4, -0.2) is 0 Å². The molecule has 0 aliphatic rings. The summed E-state index contributed by atoms with van der Waals surface area (Å²) in [5.74, 6) is -7.02. The summed E-state index contributed by atoms with van der Waals surface area (Å²) in [6.07, 6.45) is 0. The molecule has 28 heavy (non-hydrogen) atoms. The van der Waals surface area contributed by atoms with Crippen molar-refractivity contribution in [3.63, 3.8) is 0 Å². The zero-order valence-electron chi connectivity index (χ0n) is 14.4. The number of hydrogen-bond acceptors (Lipinski definition) is 3. The van der Waals surface area contributed by atoms with Crippen LogP contribution in [0.25, 0.3) is 0 Å². The molecule has 0 unspecified atom stereocenters. The van der Waals surface area contributed by atoms with E-state index in [-0.39, 0.29) is 19.3 Å². The number of hydrogen-bond donors (Lipinski definition) is 0. The second kappa shape index (κ2) is 8.69. The predicted octanol–water partition coefficient (Wildman–Crippen LogP) is 5.50. The van der Waals surface area contributed by atoms with Crippen LogP contribution in [0, 0.1) is 23.3 Å². The van der Waals surface area contributed by atoms with Crippen LogP contribution in [0.2, 0.25) is 0 Å². The molecule has 0 spiro atoms. The summed E-state index contributed by atoms with van der Waals surface area (Å²) in [6, 6.07) is 16.7. The quantitative estimate of drug-likeness (QED) is 0.293. The Bertz CT molecular complexity index is 924. The van der Waals surface area contributed by atoms with Crippen LogP contribution in [-0.2, 0) is 26.8 Å². The Hall–Kier alpha value is -2.47. The van der Waals surface area contributed by atoms with Gasteiger partial charge in [0, 0.05) is 6.07 Å². The molecule has 0 bridgehead atoms. The minimum atomic E-state index is -4.76. The van der Waals surface area contributed by atoms with Gasteiger partial charge in [-0.25, -0.2) is 17.6 Å². The second-order valence-electron chi connectivity index (χ2n) is 5.83. The molecule has 0 amide bonds. The van der Waals surface area contributed by atoms with Crippen molar-refractivity contribution in [1.82, 2.24) is 0 Å². The summed E-state index contributed by atoms with van der Waals surface area (Å²) in [5.41, 5.74) is 1.06. The van der Waals surface area contributed by atoms with E-state index in [4.69, 9.17) is 9.05 Å². The number of rotatable bonds is 7. The lowest BCUT2D eigenvalue weighted by Crippen LogP contribution is -2.22. The second-order valence-corrected chi connectivity index (χ2v) is 7.79. The smallest absolute Gasteiger partial charge is 0.300 e. The van der Waals surface area contributed by atoms with Crippen LogP contribution in [0.3, 0.4) is 0 Å². The largest absolute Gasteiger partial charge is 0.368 e. The lowest BCUT2D eigenvalue weighted by molar-refractivity contribution is 0.198. The van der Waals surface area contributed by atoms with E-state index in [1.807, 2.05) is 0 Å². The van der Waals surface area contributed by atoms with Gasteiger partial charge in [-0.1, -0.05) is 60.7 Å². The minimum Gasteiger partial charge on any atom is -0.300 e. The Morgan fingerprint density at radius 1 is 0.679 bits per heavy atom. The first kappa shape index (κ1) is 20.3. The SMILES string of the molecule is O=P(OCc1ccccc1)(OCc1ccccc1)c1c(F)c(F)cc(F)c1F. The fraction of sp³-hybridized carbons (Fsp3) is 0.100. The van der Waals surface area contributed by atoms with Gasteiger partial charge in [-0.2, -0.15) is 0 Å². The molecule has 0 aromatic heterocycles. The predicted molar refractivity (Wildman–Crippen MR) is 96.0 cm³/mol. The molecule has 0 fully saturated rings. The van der Waals surface area contributed by atoms with Crippen molar-refractivity contribution in [2.24, 2.45) is 0 Å². The first-order valence-corrected chi connectivity index (χ1v) is 9.75. The Labute approximate surface area is 159 Å². The first-order chi connectivity index (χ1) is 13.4. The van der Waals surface area contributed by atoms with E-state index < -0.39 is 36.2 Å². The van der Waals surface area contributed by atoms with E-state index in [0.717, 1.165) is 0 Å². The van der Waals surface area contributed by atoms with Crippen molar-refractivity contribution < 1.29 is 31.2 Å². The average Bonchev–Trinajstić information content (AvgIpc) is 2.71. The van der Waals surface area contributed by atoms with Crippen LogP contribution in [0.4, 0.5) is 17.6 Å². The van der Waals surface area contributed by atoms with Crippen molar-refractivity contribution in [2.75, 3.05) is 0 Å². The monoisotopic (exact) mass is 410 g/mol. The molecule has 0 heterocycles. The van der Waals surface area contributed by atoms with Crippen LogP contribution in [0.5, 0.6) is 0 Å². The van der Waals surface area contributed by atoms with E-state index in [9.17, 15) is 22.1 Å². The zero-order chi connectivity index (χ0) is 20.1. The highest BCUT2D eigenvalue weighted by atomic mass is 31.2. The molecule has 0 aliphatic heterocycles. The Morgan fingerprint density at radius 2 is 1.07 bits per heavy atom. The molecular weight excluding hydrogens is 395 g/mol. The third-order valence-corrected chi connectivity index (χ3v) is 5.73. The average molecular weight is 410 g/mol. The van der Waals surface area contributed by atoms with E-state index in [0.29, 0.717) is 11.1 Å². The normalized spacial score (nSPS) is 11.6. The Balaban J connectivity index is 1.98. The van der Waals surface area contributed by atoms with Gasteiger partial charge >= 0.3 is 7.60 Å². The first-order valence-electron chi connectivity index (χ1n) is 8.21. The van der Waals surface area contributed by atoms with Gasteiger partial charge in [0.15, 0.2) is 23.3 Å². The summed E-state index contributed by atoms with van der Waals surface area (Å²) < 4.78 is 79.6. The van der Waals surface area contributed by atoms with Crippen LogP contribution < -0.4 is 5.30 Å². The topological polar surface area (TPSA) is 35.5 Å². The number of halogens is 4. The van der Waals surface area contributed by atoms with E-state index in [2.05, 4.69) is 0 Å². The summed E-state index contributed by atoms with van der Waals surface area (Å²) >= 11 is 0. The molecule has 0 aliphatic carbocycles. The van der Waals surface area contributed by atoms with Crippen molar-refractivity contribution in [1.29, 1.82) is 0 Å². The van der Waals surface area contributed by atoms with Crippen LogP contribution in [0.1, 0.15) is 11.1 Å². The zero-order valence-corrected chi connectivity index (χ0v) is 15.3.